The van der Waals surface area contributed by atoms with Crippen LogP contribution in [0.25, 0.3) is 11.3 Å². The molecule has 1 aromatic heterocycles. The summed E-state index contributed by atoms with van der Waals surface area (Å²) in [5.74, 6) is 0.173. The predicted molar refractivity (Wildman–Crippen MR) is 96.4 cm³/mol. The van der Waals surface area contributed by atoms with Gasteiger partial charge in [0.05, 0.1) is 17.5 Å². The number of hydrazone groups is 1. The molecule has 0 saturated carbocycles. The average molecular weight is 324 g/mol. The Kier molecular flexibility index (Phi) is 4.54. The fraction of sp³-hybridized carbons (Fsp3) is 0.0588. The van der Waals surface area contributed by atoms with E-state index in [1.807, 2.05) is 41.8 Å². The molecule has 0 atom stereocenters. The Morgan fingerprint density at radius 1 is 1.13 bits per heavy atom. The first-order valence-electron chi connectivity index (χ1n) is 7.07. The van der Waals surface area contributed by atoms with Gasteiger partial charge in [-0.25, -0.2) is 4.98 Å². The van der Waals surface area contributed by atoms with E-state index in [-0.39, 0.29) is 5.75 Å². The third-order valence-corrected chi connectivity index (χ3v) is 4.03. The second-order valence-electron chi connectivity index (χ2n) is 4.76. The molecule has 2 aromatic carbocycles. The molecule has 0 bridgehead atoms. The van der Waals surface area contributed by atoms with Crippen LogP contribution in [0.4, 0.5) is 10.8 Å². The molecule has 0 amide bonds. The topological polar surface area (TPSA) is 69.5 Å². The van der Waals surface area contributed by atoms with Gasteiger partial charge in [-0.05, 0) is 12.1 Å². The van der Waals surface area contributed by atoms with E-state index < -0.39 is 0 Å². The van der Waals surface area contributed by atoms with Crippen LogP contribution in [0.15, 0.2) is 59.0 Å². The Balaban J connectivity index is 1.73. The van der Waals surface area contributed by atoms with Crippen molar-refractivity contribution in [1.82, 2.24) is 4.98 Å². The van der Waals surface area contributed by atoms with Crippen LogP contribution in [0, 0.1) is 0 Å². The molecule has 6 heteroatoms. The highest BCUT2D eigenvalue weighted by Gasteiger charge is 2.05. The van der Waals surface area contributed by atoms with E-state index in [1.165, 1.54) is 11.3 Å². The summed E-state index contributed by atoms with van der Waals surface area (Å²) in [7, 11) is 1.80. The first kappa shape index (κ1) is 15.1. The third-order valence-electron chi connectivity index (χ3n) is 3.28. The van der Waals surface area contributed by atoms with Crippen LogP contribution in [-0.2, 0) is 0 Å². The minimum absolute atomic E-state index is 0.173. The number of phenolic OH excluding ortho intramolecular Hbond substituents is 1. The summed E-state index contributed by atoms with van der Waals surface area (Å²) >= 11 is 1.48. The molecule has 0 aliphatic carbocycles. The number of phenols is 1. The molecule has 0 unspecified atom stereocenters. The van der Waals surface area contributed by atoms with Gasteiger partial charge in [-0.2, -0.15) is 5.10 Å². The molecule has 0 aliphatic rings. The van der Waals surface area contributed by atoms with Crippen molar-refractivity contribution >= 4 is 28.4 Å². The van der Waals surface area contributed by atoms with Crippen molar-refractivity contribution in [2.24, 2.45) is 5.10 Å². The standard InChI is InChI=1S/C17H16N4OS/c1-18-14-8-5-9-16(22)13(14)10-19-21-17-20-15(11-23-17)12-6-3-2-4-7-12/h2-11,18,22H,1H3,(H,20,21). The maximum atomic E-state index is 9.90. The van der Waals surface area contributed by atoms with Crippen molar-refractivity contribution in [2.75, 3.05) is 17.8 Å². The predicted octanol–water partition coefficient (Wildman–Crippen LogP) is 4.00. The minimum atomic E-state index is 0.173. The molecule has 1 heterocycles. The van der Waals surface area contributed by atoms with Gasteiger partial charge in [0.15, 0.2) is 0 Å². The lowest BCUT2D eigenvalue weighted by atomic mass is 10.2. The second kappa shape index (κ2) is 6.93. The van der Waals surface area contributed by atoms with Gasteiger partial charge in [-0.3, -0.25) is 5.43 Å². The molecule has 0 radical (unpaired) electrons. The summed E-state index contributed by atoms with van der Waals surface area (Å²) in [4.78, 5) is 4.49. The molecule has 3 rings (SSSR count). The monoisotopic (exact) mass is 324 g/mol. The maximum absolute atomic E-state index is 9.90. The van der Waals surface area contributed by atoms with E-state index in [0.717, 1.165) is 16.9 Å². The smallest absolute Gasteiger partial charge is 0.203 e. The Morgan fingerprint density at radius 2 is 1.96 bits per heavy atom. The SMILES string of the molecule is CNc1cccc(O)c1C=NNc1nc(-c2ccccc2)cs1. The fourth-order valence-corrected chi connectivity index (χ4v) is 2.79. The molecule has 0 saturated heterocycles. The summed E-state index contributed by atoms with van der Waals surface area (Å²) < 4.78 is 0. The zero-order valence-electron chi connectivity index (χ0n) is 12.5. The lowest BCUT2D eigenvalue weighted by molar-refractivity contribution is 0.475. The summed E-state index contributed by atoms with van der Waals surface area (Å²) in [6.07, 6.45) is 1.57. The van der Waals surface area contributed by atoms with E-state index in [9.17, 15) is 5.11 Å². The quantitative estimate of drug-likeness (QED) is 0.490. The van der Waals surface area contributed by atoms with Gasteiger partial charge < -0.3 is 10.4 Å². The van der Waals surface area contributed by atoms with Crippen LogP contribution >= 0.6 is 11.3 Å². The van der Waals surface area contributed by atoms with E-state index in [4.69, 9.17) is 0 Å². The van der Waals surface area contributed by atoms with Crippen molar-refractivity contribution in [3.63, 3.8) is 0 Å². The average Bonchev–Trinajstić information content (AvgIpc) is 3.06. The van der Waals surface area contributed by atoms with Gasteiger partial charge in [0.2, 0.25) is 5.13 Å². The lowest BCUT2D eigenvalue weighted by Crippen LogP contribution is -1.96. The van der Waals surface area contributed by atoms with Gasteiger partial charge >= 0.3 is 0 Å². The summed E-state index contributed by atoms with van der Waals surface area (Å²) in [5.41, 5.74) is 6.31. The number of nitrogens with zero attached hydrogens (tertiary/aromatic N) is 2. The van der Waals surface area contributed by atoms with Crippen LogP contribution in [0.1, 0.15) is 5.56 Å². The Hall–Kier alpha value is -2.86. The van der Waals surface area contributed by atoms with Crippen molar-refractivity contribution in [3.05, 3.63) is 59.5 Å². The largest absolute Gasteiger partial charge is 0.507 e. The number of anilines is 2. The molecule has 116 valence electrons. The Morgan fingerprint density at radius 3 is 2.74 bits per heavy atom. The van der Waals surface area contributed by atoms with Gasteiger partial charge in [0, 0.05) is 23.7 Å². The summed E-state index contributed by atoms with van der Waals surface area (Å²) in [5, 5.41) is 19.8. The number of benzene rings is 2. The number of aromatic nitrogens is 1. The van der Waals surface area contributed by atoms with Crippen LogP contribution in [0.3, 0.4) is 0 Å². The van der Waals surface area contributed by atoms with Crippen molar-refractivity contribution < 1.29 is 5.11 Å². The van der Waals surface area contributed by atoms with Gasteiger partial charge in [-0.15, -0.1) is 11.3 Å². The summed E-state index contributed by atoms with van der Waals surface area (Å²) in [6.45, 7) is 0. The van der Waals surface area contributed by atoms with Gasteiger partial charge in [-0.1, -0.05) is 36.4 Å². The zero-order chi connectivity index (χ0) is 16.1. The number of aromatic hydroxyl groups is 1. The molecule has 0 aliphatic heterocycles. The van der Waals surface area contributed by atoms with Crippen molar-refractivity contribution in [1.29, 1.82) is 0 Å². The molecule has 3 aromatic rings. The molecule has 3 N–H and O–H groups in total. The zero-order valence-corrected chi connectivity index (χ0v) is 13.3. The first-order chi connectivity index (χ1) is 11.3. The molecule has 5 nitrogen and oxygen atoms in total. The van der Waals surface area contributed by atoms with E-state index in [2.05, 4.69) is 20.8 Å². The fourth-order valence-electron chi connectivity index (χ4n) is 2.13. The summed E-state index contributed by atoms with van der Waals surface area (Å²) in [6, 6.07) is 15.3. The van der Waals surface area contributed by atoms with Crippen molar-refractivity contribution in [2.45, 2.75) is 0 Å². The van der Waals surface area contributed by atoms with E-state index in [0.29, 0.717) is 10.7 Å². The van der Waals surface area contributed by atoms with Crippen LogP contribution < -0.4 is 10.7 Å². The van der Waals surface area contributed by atoms with Crippen LogP contribution in [0.5, 0.6) is 5.75 Å². The molecular formula is C17H16N4OS. The minimum Gasteiger partial charge on any atom is -0.507 e. The lowest BCUT2D eigenvalue weighted by Gasteiger charge is -2.06. The number of nitrogens with one attached hydrogen (secondary N) is 2. The van der Waals surface area contributed by atoms with Crippen LogP contribution in [-0.4, -0.2) is 23.4 Å². The highest BCUT2D eigenvalue weighted by molar-refractivity contribution is 7.14. The third kappa shape index (κ3) is 3.49. The van der Waals surface area contributed by atoms with Crippen LogP contribution in [0.2, 0.25) is 0 Å². The normalized spacial score (nSPS) is 10.8. The molecule has 0 spiro atoms. The van der Waals surface area contributed by atoms with E-state index in [1.54, 1.807) is 25.4 Å². The Bertz CT molecular complexity index is 814. The maximum Gasteiger partial charge on any atom is 0.203 e. The molecular weight excluding hydrogens is 308 g/mol. The number of rotatable bonds is 5. The molecule has 23 heavy (non-hydrogen) atoms. The number of hydrogen-bond donors (Lipinski definition) is 3. The highest BCUT2D eigenvalue weighted by atomic mass is 32.1. The second-order valence-corrected chi connectivity index (χ2v) is 5.62. The molecule has 0 fully saturated rings. The highest BCUT2D eigenvalue weighted by Crippen LogP contribution is 2.25. The van der Waals surface area contributed by atoms with Crippen molar-refractivity contribution in [3.8, 4) is 17.0 Å². The van der Waals surface area contributed by atoms with Gasteiger partial charge in [0.25, 0.3) is 0 Å². The first-order valence-corrected chi connectivity index (χ1v) is 7.95. The number of thiazole rings is 1. The van der Waals surface area contributed by atoms with E-state index >= 15 is 0 Å². The number of hydrogen-bond acceptors (Lipinski definition) is 6. The van der Waals surface area contributed by atoms with Gasteiger partial charge in [0.1, 0.15) is 5.75 Å². The Labute approximate surface area is 138 Å².